The van der Waals surface area contributed by atoms with Crippen LogP contribution < -0.4 is 0 Å². The van der Waals surface area contributed by atoms with Crippen molar-refractivity contribution in [2.24, 2.45) is 34.5 Å². The maximum absolute atomic E-state index is 12.3. The summed E-state index contributed by atoms with van der Waals surface area (Å²) in [5, 5.41) is 10.3. The molecule has 0 amide bonds. The molecule has 24 heavy (non-hydrogen) atoms. The Morgan fingerprint density at radius 1 is 1.25 bits per heavy atom. The van der Waals surface area contributed by atoms with Crippen LogP contribution in [0, 0.1) is 34.5 Å². The number of ketones is 1. The van der Waals surface area contributed by atoms with Crippen molar-refractivity contribution in [1.82, 2.24) is 0 Å². The molecule has 3 fully saturated rings. The highest BCUT2D eigenvalue weighted by molar-refractivity contribution is 7.81. The Kier molecular flexibility index (Phi) is 4.01. The van der Waals surface area contributed by atoms with Crippen LogP contribution >= 0.6 is 12.6 Å². The van der Waals surface area contributed by atoms with E-state index in [0.29, 0.717) is 17.6 Å². The molecule has 4 aliphatic carbocycles. The quantitative estimate of drug-likeness (QED) is 0.543. The van der Waals surface area contributed by atoms with Crippen LogP contribution in [0.3, 0.4) is 0 Å². The second-order valence-electron chi connectivity index (χ2n) is 9.59. The van der Waals surface area contributed by atoms with E-state index < -0.39 is 0 Å². The van der Waals surface area contributed by atoms with Crippen molar-refractivity contribution in [3.63, 3.8) is 0 Å². The van der Waals surface area contributed by atoms with Gasteiger partial charge in [-0.2, -0.15) is 12.6 Å². The highest BCUT2D eigenvalue weighted by Crippen LogP contribution is 2.66. The van der Waals surface area contributed by atoms with Crippen LogP contribution in [-0.4, -0.2) is 22.2 Å². The van der Waals surface area contributed by atoms with Crippen molar-refractivity contribution in [3.8, 4) is 0 Å². The van der Waals surface area contributed by atoms with E-state index in [-0.39, 0.29) is 28.1 Å². The molecule has 0 aliphatic heterocycles. The lowest BCUT2D eigenvalue weighted by Gasteiger charge is -2.57. The van der Waals surface area contributed by atoms with Gasteiger partial charge in [-0.05, 0) is 80.5 Å². The van der Waals surface area contributed by atoms with Crippen molar-refractivity contribution in [2.45, 2.75) is 77.1 Å². The molecular weight excluding hydrogens is 316 g/mol. The van der Waals surface area contributed by atoms with Crippen LogP contribution in [0.1, 0.15) is 65.7 Å². The van der Waals surface area contributed by atoms with Gasteiger partial charge in [0, 0.05) is 11.2 Å². The fourth-order valence-electron chi connectivity index (χ4n) is 7.39. The fraction of sp³-hybridized carbons (Fsp3) is 0.857. The molecule has 0 saturated heterocycles. The van der Waals surface area contributed by atoms with E-state index in [2.05, 4.69) is 19.9 Å². The summed E-state index contributed by atoms with van der Waals surface area (Å²) in [6.45, 7) is 6.61. The van der Waals surface area contributed by atoms with Crippen LogP contribution in [0.25, 0.3) is 0 Å². The average Bonchev–Trinajstić information content (AvgIpc) is 2.78. The van der Waals surface area contributed by atoms with E-state index in [1.807, 2.05) is 0 Å². The summed E-state index contributed by atoms with van der Waals surface area (Å²) in [4.78, 5) is 12.3. The molecule has 3 heteroatoms. The first-order chi connectivity index (χ1) is 11.3. The van der Waals surface area contributed by atoms with Gasteiger partial charge in [0.25, 0.3) is 0 Å². The van der Waals surface area contributed by atoms with Gasteiger partial charge in [0.2, 0.25) is 0 Å². The molecule has 1 N–H and O–H groups in total. The first kappa shape index (κ1) is 17.1. The zero-order valence-electron chi connectivity index (χ0n) is 15.3. The second kappa shape index (κ2) is 5.61. The van der Waals surface area contributed by atoms with Crippen LogP contribution in [0.5, 0.6) is 0 Å². The molecule has 0 bridgehead atoms. The summed E-state index contributed by atoms with van der Waals surface area (Å²) >= 11 is 4.85. The topological polar surface area (TPSA) is 37.3 Å². The molecule has 0 radical (unpaired) electrons. The molecule has 0 unspecified atom stereocenters. The Balaban J connectivity index is 1.68. The summed E-state index contributed by atoms with van der Waals surface area (Å²) < 4.78 is 0. The summed E-state index contributed by atoms with van der Waals surface area (Å²) in [7, 11) is 0. The first-order valence-electron chi connectivity index (χ1n) is 9.83. The van der Waals surface area contributed by atoms with Crippen molar-refractivity contribution in [2.75, 3.05) is 0 Å². The number of carbonyl (C=O) groups excluding carboxylic acids is 1. The van der Waals surface area contributed by atoms with Gasteiger partial charge in [-0.15, -0.1) is 0 Å². The molecule has 8 atom stereocenters. The lowest BCUT2D eigenvalue weighted by atomic mass is 9.47. The molecule has 0 spiro atoms. The molecule has 4 aliphatic rings. The molecular formula is C21H32O2S. The zero-order chi connectivity index (χ0) is 17.3. The number of hydrogen-bond acceptors (Lipinski definition) is 3. The van der Waals surface area contributed by atoms with Crippen LogP contribution in [0.4, 0.5) is 0 Å². The Morgan fingerprint density at radius 2 is 2.00 bits per heavy atom. The van der Waals surface area contributed by atoms with E-state index in [0.717, 1.165) is 38.0 Å². The number of carbonyl (C=O) groups is 1. The van der Waals surface area contributed by atoms with Gasteiger partial charge in [0.1, 0.15) is 5.78 Å². The minimum atomic E-state index is -0.134. The molecule has 2 nitrogen and oxygen atoms in total. The number of hydrogen-bond donors (Lipinski definition) is 2. The third-order valence-corrected chi connectivity index (χ3v) is 9.05. The highest BCUT2D eigenvalue weighted by Gasteiger charge is 2.61. The van der Waals surface area contributed by atoms with Crippen molar-refractivity contribution < 1.29 is 9.90 Å². The largest absolute Gasteiger partial charge is 0.393 e. The second-order valence-corrected chi connectivity index (χ2v) is 10.3. The summed E-state index contributed by atoms with van der Waals surface area (Å²) in [5.74, 6) is 2.55. The minimum Gasteiger partial charge on any atom is -0.393 e. The minimum absolute atomic E-state index is 0.134. The molecule has 134 valence electrons. The van der Waals surface area contributed by atoms with Gasteiger partial charge >= 0.3 is 0 Å². The maximum Gasteiger partial charge on any atom is 0.134 e. The van der Waals surface area contributed by atoms with E-state index in [1.54, 1.807) is 6.92 Å². The number of allylic oxidation sites excluding steroid dienone is 1. The predicted molar refractivity (Wildman–Crippen MR) is 100 cm³/mol. The van der Waals surface area contributed by atoms with Gasteiger partial charge in [-0.3, -0.25) is 4.79 Å². The molecule has 4 rings (SSSR count). The monoisotopic (exact) mass is 348 g/mol. The SMILES string of the molecule is CC(=O)[C@H]1[C@H](S)C[C@H]2[C@@H]3CC=C4C[C@H](O)CC[C@]4(C)[C@H]3CC[C@@]21C. The number of aliphatic hydroxyl groups is 1. The molecule has 0 aromatic rings. The Bertz CT molecular complexity index is 584. The van der Waals surface area contributed by atoms with Gasteiger partial charge in [-0.25, -0.2) is 0 Å². The standard InChI is InChI=1S/C21H32O2S/c1-12(22)19-18(24)11-17-15-5-4-13-10-14(23)6-8-20(13,2)16(15)7-9-21(17,19)3/h4,14-19,23-24H,5-11H2,1-3H3/t14-,15-,16+,17+,18-,19+,20+,21+/m1/s1. The molecule has 0 aromatic heterocycles. The number of thiol groups is 1. The average molecular weight is 349 g/mol. The number of aliphatic hydroxyl groups excluding tert-OH is 1. The third kappa shape index (κ3) is 2.23. The summed E-state index contributed by atoms with van der Waals surface area (Å²) in [6, 6.07) is 0. The first-order valence-corrected chi connectivity index (χ1v) is 10.3. The van der Waals surface area contributed by atoms with Crippen LogP contribution in [0.15, 0.2) is 11.6 Å². The van der Waals surface area contributed by atoms with Gasteiger partial charge in [0.05, 0.1) is 6.10 Å². The Labute approximate surface area is 151 Å². The van der Waals surface area contributed by atoms with Crippen LogP contribution in [0.2, 0.25) is 0 Å². The van der Waals surface area contributed by atoms with E-state index >= 15 is 0 Å². The van der Waals surface area contributed by atoms with Gasteiger partial charge in [-0.1, -0.05) is 25.5 Å². The van der Waals surface area contributed by atoms with Crippen LogP contribution in [-0.2, 0) is 4.79 Å². The predicted octanol–water partition coefficient (Wildman–Crippen LogP) is 4.42. The van der Waals surface area contributed by atoms with Crippen molar-refractivity contribution in [1.29, 1.82) is 0 Å². The Hall–Kier alpha value is -0.280. The van der Waals surface area contributed by atoms with Gasteiger partial charge < -0.3 is 5.11 Å². The molecule has 0 heterocycles. The van der Waals surface area contributed by atoms with E-state index in [1.165, 1.54) is 18.4 Å². The number of Topliss-reactive ketones (excluding diaryl/α,β-unsaturated/α-hetero) is 1. The lowest BCUT2D eigenvalue weighted by molar-refractivity contribution is -0.127. The third-order valence-electron chi connectivity index (χ3n) is 8.54. The summed E-state index contributed by atoms with van der Waals surface area (Å²) in [6.07, 6.45) is 9.95. The van der Waals surface area contributed by atoms with Crippen molar-refractivity contribution in [3.05, 3.63) is 11.6 Å². The molecule has 3 saturated carbocycles. The number of rotatable bonds is 1. The normalized spacial score (nSPS) is 53.6. The summed E-state index contributed by atoms with van der Waals surface area (Å²) in [5.41, 5.74) is 1.95. The smallest absolute Gasteiger partial charge is 0.134 e. The van der Waals surface area contributed by atoms with E-state index in [4.69, 9.17) is 12.6 Å². The van der Waals surface area contributed by atoms with E-state index in [9.17, 15) is 9.90 Å². The zero-order valence-corrected chi connectivity index (χ0v) is 16.2. The number of fused-ring (bicyclic) bond motifs is 5. The Morgan fingerprint density at radius 3 is 2.71 bits per heavy atom. The maximum atomic E-state index is 12.3. The van der Waals surface area contributed by atoms with Gasteiger partial charge in [0.15, 0.2) is 0 Å². The molecule has 0 aromatic carbocycles. The highest BCUT2D eigenvalue weighted by atomic mass is 32.1. The van der Waals surface area contributed by atoms with Crippen molar-refractivity contribution >= 4 is 18.4 Å². The lowest BCUT2D eigenvalue weighted by Crippen LogP contribution is -2.51. The fourth-order valence-corrected chi connectivity index (χ4v) is 8.17.